The molecule has 1 N–H and O–H groups in total. The molecule has 2 aromatic carbocycles. The van der Waals surface area contributed by atoms with Crippen LogP contribution in [0, 0.1) is 0 Å². The van der Waals surface area contributed by atoms with Crippen LogP contribution in [0.15, 0.2) is 48.5 Å². The van der Waals surface area contributed by atoms with Crippen LogP contribution in [0.1, 0.15) is 26.3 Å². The van der Waals surface area contributed by atoms with Crippen molar-refractivity contribution in [3.05, 3.63) is 59.1 Å². The molecule has 33 heavy (non-hydrogen) atoms. The first kappa shape index (κ1) is 26.5. The molecule has 0 bridgehead atoms. The van der Waals surface area contributed by atoms with Crippen molar-refractivity contribution in [3.8, 4) is 5.75 Å². The Morgan fingerprint density at radius 1 is 1.09 bits per heavy atom. The number of rotatable bonds is 10. The van der Waals surface area contributed by atoms with Gasteiger partial charge in [-0.1, -0.05) is 29.8 Å². The maximum atomic E-state index is 13.4. The zero-order chi connectivity index (χ0) is 24.8. The summed E-state index contributed by atoms with van der Waals surface area (Å²) in [7, 11) is -2.33. The molecule has 2 rings (SSSR count). The normalized spacial score (nSPS) is 12.2. The number of nitrogens with one attached hydrogen (secondary N) is 1. The number of hydrogen-bond acceptors (Lipinski definition) is 5. The fourth-order valence-corrected chi connectivity index (χ4v) is 4.12. The van der Waals surface area contributed by atoms with Crippen LogP contribution in [0.2, 0.25) is 5.02 Å². The summed E-state index contributed by atoms with van der Waals surface area (Å²) in [5.41, 5.74) is 1.04. The number of benzene rings is 2. The molecule has 8 nitrogen and oxygen atoms in total. The number of ether oxygens (including phenoxy) is 1. The average molecular weight is 496 g/mol. The summed E-state index contributed by atoms with van der Waals surface area (Å²) in [6.07, 6.45) is 1.03. The van der Waals surface area contributed by atoms with Gasteiger partial charge in [0.25, 0.3) is 0 Å². The lowest BCUT2D eigenvalue weighted by Gasteiger charge is -2.32. The van der Waals surface area contributed by atoms with E-state index in [4.69, 9.17) is 16.3 Å². The van der Waals surface area contributed by atoms with Crippen molar-refractivity contribution >= 4 is 39.1 Å². The van der Waals surface area contributed by atoms with Crippen molar-refractivity contribution in [3.63, 3.8) is 0 Å². The molecular formula is C23H30ClN3O5S. The van der Waals surface area contributed by atoms with E-state index in [-0.39, 0.29) is 24.2 Å². The molecule has 0 saturated heterocycles. The van der Waals surface area contributed by atoms with Crippen LogP contribution in [0.3, 0.4) is 0 Å². The summed E-state index contributed by atoms with van der Waals surface area (Å²) >= 11 is 5.96. The zero-order valence-electron chi connectivity index (χ0n) is 19.4. The van der Waals surface area contributed by atoms with E-state index in [2.05, 4.69) is 5.32 Å². The van der Waals surface area contributed by atoms with E-state index in [1.165, 1.54) is 18.1 Å². The number of carbonyl (C=O) groups is 2. The van der Waals surface area contributed by atoms with Gasteiger partial charge in [-0.2, -0.15) is 0 Å². The predicted molar refractivity (Wildman–Crippen MR) is 130 cm³/mol. The van der Waals surface area contributed by atoms with E-state index >= 15 is 0 Å². The van der Waals surface area contributed by atoms with Gasteiger partial charge in [-0.3, -0.25) is 13.9 Å². The minimum absolute atomic E-state index is 0.110. The highest BCUT2D eigenvalue weighted by atomic mass is 35.5. The zero-order valence-corrected chi connectivity index (χ0v) is 21.0. The van der Waals surface area contributed by atoms with Gasteiger partial charge in [0.1, 0.15) is 18.3 Å². The Morgan fingerprint density at radius 3 is 2.27 bits per heavy atom. The molecule has 0 saturated carbocycles. The SMILES string of the molecule is COc1cccc(N(CC(=O)N(Cc2ccc(Cl)cc2)[C@H](C)C(=O)NC(C)C)S(C)(=O)=O)c1. The number of sulfonamides is 1. The van der Waals surface area contributed by atoms with Crippen LogP contribution in [0.25, 0.3) is 0 Å². The second-order valence-corrected chi connectivity index (χ2v) is 10.3. The van der Waals surface area contributed by atoms with Gasteiger partial charge in [0.2, 0.25) is 21.8 Å². The van der Waals surface area contributed by atoms with Crippen molar-refractivity contribution < 1.29 is 22.7 Å². The second kappa shape index (κ2) is 11.4. The Kier molecular flexibility index (Phi) is 9.13. The molecule has 0 aliphatic rings. The summed E-state index contributed by atoms with van der Waals surface area (Å²) in [5, 5.41) is 3.35. The summed E-state index contributed by atoms with van der Waals surface area (Å²) in [4.78, 5) is 27.5. The number of nitrogens with zero attached hydrogens (tertiary/aromatic N) is 2. The van der Waals surface area contributed by atoms with Crippen molar-refractivity contribution in [2.75, 3.05) is 24.2 Å². The van der Waals surface area contributed by atoms with Gasteiger partial charge in [0.15, 0.2) is 0 Å². The van der Waals surface area contributed by atoms with Crippen molar-refractivity contribution in [1.29, 1.82) is 0 Å². The molecule has 0 heterocycles. The molecule has 2 aromatic rings. The third-order valence-corrected chi connectivity index (χ3v) is 6.28. The number of carbonyl (C=O) groups excluding carboxylic acids is 2. The van der Waals surface area contributed by atoms with E-state index in [1.54, 1.807) is 49.4 Å². The van der Waals surface area contributed by atoms with Crippen LogP contribution >= 0.6 is 11.6 Å². The minimum atomic E-state index is -3.80. The second-order valence-electron chi connectivity index (χ2n) is 7.96. The number of amides is 2. The lowest BCUT2D eigenvalue weighted by molar-refractivity contribution is -0.139. The summed E-state index contributed by atoms with van der Waals surface area (Å²) < 4.78 is 31.3. The van der Waals surface area contributed by atoms with Gasteiger partial charge in [-0.05, 0) is 50.6 Å². The molecule has 0 radical (unpaired) electrons. The Labute approximate surface area is 200 Å². The highest BCUT2D eigenvalue weighted by Gasteiger charge is 2.30. The van der Waals surface area contributed by atoms with Crippen LogP contribution < -0.4 is 14.4 Å². The molecule has 180 valence electrons. The molecule has 0 spiro atoms. The molecule has 10 heteroatoms. The summed E-state index contributed by atoms with van der Waals surface area (Å²) in [5.74, 6) is -0.402. The monoisotopic (exact) mass is 495 g/mol. The Balaban J connectivity index is 2.39. The van der Waals surface area contributed by atoms with Gasteiger partial charge in [0.05, 0.1) is 19.1 Å². The van der Waals surface area contributed by atoms with E-state index in [0.29, 0.717) is 10.8 Å². The Bertz CT molecular complexity index is 1070. The van der Waals surface area contributed by atoms with Gasteiger partial charge in [-0.25, -0.2) is 8.42 Å². The standard InChI is InChI=1S/C23H30ClN3O5S/c1-16(2)25-23(29)17(3)26(14-18-9-11-19(24)12-10-18)22(28)15-27(33(5,30)31)20-7-6-8-21(13-20)32-4/h6-13,16-17H,14-15H2,1-5H3,(H,25,29)/t17-/m1/s1. The number of halogens is 1. The van der Waals surface area contributed by atoms with Crippen molar-refractivity contribution in [1.82, 2.24) is 10.2 Å². The van der Waals surface area contributed by atoms with E-state index in [9.17, 15) is 18.0 Å². The fraction of sp³-hybridized carbons (Fsp3) is 0.391. The van der Waals surface area contributed by atoms with Crippen LogP contribution in [-0.4, -0.2) is 57.1 Å². The first-order chi connectivity index (χ1) is 15.4. The minimum Gasteiger partial charge on any atom is -0.497 e. The van der Waals surface area contributed by atoms with Crippen LogP contribution in [0.5, 0.6) is 5.75 Å². The van der Waals surface area contributed by atoms with Gasteiger partial charge >= 0.3 is 0 Å². The summed E-state index contributed by atoms with van der Waals surface area (Å²) in [6, 6.07) is 12.4. The van der Waals surface area contributed by atoms with E-state index in [1.807, 2.05) is 13.8 Å². The molecule has 0 unspecified atom stereocenters. The fourth-order valence-electron chi connectivity index (χ4n) is 3.15. The predicted octanol–water partition coefficient (Wildman–Crippen LogP) is 3.06. The Morgan fingerprint density at radius 2 is 1.73 bits per heavy atom. The quantitative estimate of drug-likeness (QED) is 0.546. The number of anilines is 1. The molecule has 0 fully saturated rings. The maximum Gasteiger partial charge on any atom is 0.244 e. The van der Waals surface area contributed by atoms with Crippen LogP contribution in [-0.2, 0) is 26.2 Å². The average Bonchev–Trinajstić information content (AvgIpc) is 2.75. The van der Waals surface area contributed by atoms with E-state index < -0.39 is 28.5 Å². The summed E-state index contributed by atoms with van der Waals surface area (Å²) in [6.45, 7) is 4.90. The van der Waals surface area contributed by atoms with Gasteiger partial charge in [0, 0.05) is 23.7 Å². The Hall–Kier alpha value is -2.78. The van der Waals surface area contributed by atoms with Crippen molar-refractivity contribution in [2.24, 2.45) is 0 Å². The molecule has 0 aliphatic heterocycles. The van der Waals surface area contributed by atoms with E-state index in [0.717, 1.165) is 16.1 Å². The molecule has 0 aliphatic carbocycles. The smallest absolute Gasteiger partial charge is 0.244 e. The lowest BCUT2D eigenvalue weighted by atomic mass is 10.1. The van der Waals surface area contributed by atoms with Gasteiger partial charge < -0.3 is 15.0 Å². The number of methoxy groups -OCH3 is 1. The largest absolute Gasteiger partial charge is 0.497 e. The lowest BCUT2D eigenvalue weighted by Crippen LogP contribution is -2.52. The molecule has 1 atom stereocenters. The highest BCUT2D eigenvalue weighted by molar-refractivity contribution is 7.92. The van der Waals surface area contributed by atoms with Crippen LogP contribution in [0.4, 0.5) is 5.69 Å². The molecule has 0 aromatic heterocycles. The first-order valence-electron chi connectivity index (χ1n) is 10.4. The topological polar surface area (TPSA) is 96.0 Å². The highest BCUT2D eigenvalue weighted by Crippen LogP contribution is 2.24. The number of hydrogen-bond donors (Lipinski definition) is 1. The third-order valence-electron chi connectivity index (χ3n) is 4.88. The maximum absolute atomic E-state index is 13.4. The first-order valence-corrected chi connectivity index (χ1v) is 12.6. The van der Waals surface area contributed by atoms with Crippen molar-refractivity contribution in [2.45, 2.75) is 39.4 Å². The third kappa shape index (κ3) is 7.64. The van der Waals surface area contributed by atoms with Gasteiger partial charge in [-0.15, -0.1) is 0 Å². The molecule has 2 amide bonds. The molecular weight excluding hydrogens is 466 g/mol.